The largest absolute Gasteiger partial charge is 0.363 e. The Labute approximate surface area is 72.4 Å². The first-order chi connectivity index (χ1) is 5.74. The number of aromatic nitrogens is 1. The van der Waals surface area contributed by atoms with Crippen molar-refractivity contribution >= 4 is 0 Å². The van der Waals surface area contributed by atoms with E-state index in [0.717, 1.165) is 5.69 Å². The fraction of sp³-hybridized carbons (Fsp3) is 0.444. The first-order valence-corrected chi connectivity index (χ1v) is 4.03. The molecule has 3 nitrogen and oxygen atoms in total. The van der Waals surface area contributed by atoms with Gasteiger partial charge in [0.05, 0.1) is 6.07 Å². The molecule has 0 aromatic carbocycles. The summed E-state index contributed by atoms with van der Waals surface area (Å²) >= 11 is 0. The smallest absolute Gasteiger partial charge is 0.136 e. The summed E-state index contributed by atoms with van der Waals surface area (Å²) in [6.07, 6.45) is 1.82. The minimum atomic E-state index is -0.222. The zero-order chi connectivity index (χ0) is 8.97. The second-order valence-electron chi connectivity index (χ2n) is 3.01. The Morgan fingerprint density at radius 1 is 1.58 bits per heavy atom. The van der Waals surface area contributed by atoms with Crippen molar-refractivity contribution in [1.29, 1.82) is 5.26 Å². The van der Waals surface area contributed by atoms with E-state index in [4.69, 9.17) is 5.26 Å². The molecule has 64 valence electrons. The van der Waals surface area contributed by atoms with Gasteiger partial charge in [-0.1, -0.05) is 0 Å². The van der Waals surface area contributed by atoms with E-state index < -0.39 is 0 Å². The number of aromatic amines is 1. The summed E-state index contributed by atoms with van der Waals surface area (Å²) in [7, 11) is 0. The lowest BCUT2D eigenvalue weighted by atomic mass is 10.2. The summed E-state index contributed by atoms with van der Waals surface area (Å²) in [5.74, 6) is 0. The maximum Gasteiger partial charge on any atom is 0.136 e. The second-order valence-corrected chi connectivity index (χ2v) is 3.01. The van der Waals surface area contributed by atoms with Gasteiger partial charge < -0.3 is 4.98 Å². The molecule has 0 saturated carbocycles. The van der Waals surface area contributed by atoms with E-state index in [1.165, 1.54) is 0 Å². The third kappa shape index (κ3) is 2.11. The summed E-state index contributed by atoms with van der Waals surface area (Å²) in [6, 6.07) is 6.09. The molecule has 12 heavy (non-hydrogen) atoms. The van der Waals surface area contributed by atoms with Crippen molar-refractivity contribution in [3.8, 4) is 6.07 Å². The Hall–Kier alpha value is -1.27. The number of H-pyrrole nitrogens is 1. The van der Waals surface area contributed by atoms with Crippen molar-refractivity contribution in [2.75, 3.05) is 0 Å². The Morgan fingerprint density at radius 2 is 2.33 bits per heavy atom. The van der Waals surface area contributed by atoms with Gasteiger partial charge in [0.25, 0.3) is 0 Å². The van der Waals surface area contributed by atoms with Crippen LogP contribution in [-0.4, -0.2) is 11.0 Å². The van der Waals surface area contributed by atoms with Gasteiger partial charge in [-0.3, -0.25) is 5.32 Å². The zero-order valence-electron chi connectivity index (χ0n) is 7.33. The number of rotatable bonds is 3. The van der Waals surface area contributed by atoms with Crippen molar-refractivity contribution in [3.63, 3.8) is 0 Å². The highest BCUT2D eigenvalue weighted by atomic mass is 15.0. The molecule has 1 rings (SSSR count). The fourth-order valence-corrected chi connectivity index (χ4v) is 1.05. The quantitative estimate of drug-likeness (QED) is 0.710. The van der Waals surface area contributed by atoms with Crippen molar-refractivity contribution in [3.05, 3.63) is 24.0 Å². The highest BCUT2D eigenvalue weighted by Gasteiger charge is 2.10. The van der Waals surface area contributed by atoms with Crippen LogP contribution in [-0.2, 0) is 0 Å². The van der Waals surface area contributed by atoms with Crippen molar-refractivity contribution < 1.29 is 0 Å². The van der Waals surface area contributed by atoms with E-state index in [-0.39, 0.29) is 6.04 Å². The molecule has 2 N–H and O–H groups in total. The van der Waals surface area contributed by atoms with Crippen LogP contribution in [0.15, 0.2) is 18.3 Å². The van der Waals surface area contributed by atoms with E-state index in [1.807, 2.05) is 32.2 Å². The molecule has 1 aromatic heterocycles. The molecule has 0 aliphatic carbocycles. The van der Waals surface area contributed by atoms with Crippen LogP contribution < -0.4 is 5.32 Å². The average molecular weight is 163 g/mol. The number of nitrogens with zero attached hydrogens (tertiary/aromatic N) is 1. The van der Waals surface area contributed by atoms with Crippen LogP contribution in [0.4, 0.5) is 0 Å². The van der Waals surface area contributed by atoms with Crippen LogP contribution in [0.3, 0.4) is 0 Å². The lowest BCUT2D eigenvalue weighted by Gasteiger charge is -2.12. The number of hydrogen-bond acceptors (Lipinski definition) is 2. The Morgan fingerprint density at radius 3 is 2.75 bits per heavy atom. The Kier molecular flexibility index (Phi) is 2.89. The summed E-state index contributed by atoms with van der Waals surface area (Å²) in [5, 5.41) is 12.0. The molecule has 1 atom stereocenters. The first kappa shape index (κ1) is 8.82. The molecule has 0 saturated heterocycles. The lowest BCUT2D eigenvalue weighted by molar-refractivity contribution is 0.539. The SMILES string of the molecule is CC(C)NC(C#N)c1ccc[nH]1. The fourth-order valence-electron chi connectivity index (χ4n) is 1.05. The summed E-state index contributed by atoms with van der Waals surface area (Å²) in [5.41, 5.74) is 0.922. The molecule has 0 amide bonds. The molecule has 0 fully saturated rings. The molecule has 1 aromatic rings. The van der Waals surface area contributed by atoms with Crippen molar-refractivity contribution in [2.24, 2.45) is 0 Å². The predicted molar refractivity (Wildman–Crippen MR) is 47.4 cm³/mol. The summed E-state index contributed by atoms with van der Waals surface area (Å²) in [4.78, 5) is 3.01. The molecule has 3 heteroatoms. The Bertz CT molecular complexity index is 256. The van der Waals surface area contributed by atoms with Gasteiger partial charge in [0.2, 0.25) is 0 Å². The van der Waals surface area contributed by atoms with E-state index >= 15 is 0 Å². The van der Waals surface area contributed by atoms with Crippen molar-refractivity contribution in [1.82, 2.24) is 10.3 Å². The molecule has 1 heterocycles. The minimum absolute atomic E-state index is 0.222. The van der Waals surface area contributed by atoms with Crippen LogP contribution in [0, 0.1) is 11.3 Å². The number of nitrogens with one attached hydrogen (secondary N) is 2. The van der Waals surface area contributed by atoms with Gasteiger partial charge in [-0.05, 0) is 26.0 Å². The van der Waals surface area contributed by atoms with E-state index in [2.05, 4.69) is 16.4 Å². The van der Waals surface area contributed by atoms with E-state index in [1.54, 1.807) is 0 Å². The van der Waals surface area contributed by atoms with Gasteiger partial charge in [-0.15, -0.1) is 0 Å². The van der Waals surface area contributed by atoms with Crippen LogP contribution in [0.25, 0.3) is 0 Å². The van der Waals surface area contributed by atoms with Gasteiger partial charge >= 0.3 is 0 Å². The summed E-state index contributed by atoms with van der Waals surface area (Å²) in [6.45, 7) is 4.04. The molecular formula is C9H13N3. The third-order valence-corrected chi connectivity index (χ3v) is 1.56. The van der Waals surface area contributed by atoms with Crippen LogP contribution in [0.5, 0.6) is 0 Å². The van der Waals surface area contributed by atoms with E-state index in [0.29, 0.717) is 6.04 Å². The van der Waals surface area contributed by atoms with Crippen molar-refractivity contribution in [2.45, 2.75) is 25.9 Å². The molecule has 1 unspecified atom stereocenters. The van der Waals surface area contributed by atoms with Crippen LogP contribution in [0.2, 0.25) is 0 Å². The monoisotopic (exact) mass is 163 g/mol. The van der Waals surface area contributed by atoms with E-state index in [9.17, 15) is 0 Å². The average Bonchev–Trinajstić information content (AvgIpc) is 2.51. The Balaban J connectivity index is 2.65. The first-order valence-electron chi connectivity index (χ1n) is 4.03. The summed E-state index contributed by atoms with van der Waals surface area (Å²) < 4.78 is 0. The van der Waals surface area contributed by atoms with Gasteiger partial charge in [-0.25, -0.2) is 0 Å². The van der Waals surface area contributed by atoms with Gasteiger partial charge in [0.1, 0.15) is 6.04 Å². The molecule has 0 aliphatic heterocycles. The number of nitriles is 1. The maximum absolute atomic E-state index is 8.81. The second kappa shape index (κ2) is 3.93. The molecule has 0 aliphatic rings. The lowest BCUT2D eigenvalue weighted by Crippen LogP contribution is -2.27. The molecule has 0 bridgehead atoms. The highest BCUT2D eigenvalue weighted by Crippen LogP contribution is 2.08. The van der Waals surface area contributed by atoms with Gasteiger partial charge in [-0.2, -0.15) is 5.26 Å². The highest BCUT2D eigenvalue weighted by molar-refractivity contribution is 5.16. The molecular weight excluding hydrogens is 150 g/mol. The topological polar surface area (TPSA) is 51.6 Å². The normalized spacial score (nSPS) is 12.8. The molecule has 0 radical (unpaired) electrons. The minimum Gasteiger partial charge on any atom is -0.363 e. The van der Waals surface area contributed by atoms with Gasteiger partial charge in [0.15, 0.2) is 0 Å². The third-order valence-electron chi connectivity index (χ3n) is 1.56. The van der Waals surface area contributed by atoms with Crippen LogP contribution in [0.1, 0.15) is 25.6 Å². The van der Waals surface area contributed by atoms with Gasteiger partial charge in [0, 0.05) is 17.9 Å². The van der Waals surface area contributed by atoms with Crippen LogP contribution >= 0.6 is 0 Å². The standard InChI is InChI=1S/C9H13N3/c1-7(2)12-9(6-10)8-4-3-5-11-8/h3-5,7,9,11-12H,1-2H3. The maximum atomic E-state index is 8.81. The predicted octanol–water partition coefficient (Wildman–Crippen LogP) is 1.58. The molecule has 0 spiro atoms. The number of hydrogen-bond donors (Lipinski definition) is 2. The zero-order valence-corrected chi connectivity index (χ0v) is 7.33.